The lowest BCUT2D eigenvalue weighted by molar-refractivity contribution is -0.133. The molecule has 298 valence electrons. The van der Waals surface area contributed by atoms with E-state index in [-0.39, 0.29) is 40.7 Å². The van der Waals surface area contributed by atoms with Crippen LogP contribution in [0, 0.1) is 11.7 Å². The summed E-state index contributed by atoms with van der Waals surface area (Å²) in [6.07, 6.45) is 10.5. The van der Waals surface area contributed by atoms with E-state index in [2.05, 4.69) is 101 Å². The fourth-order valence-corrected chi connectivity index (χ4v) is 7.55. The molecule has 19 heteroatoms. The molecule has 6 aromatic rings. The van der Waals surface area contributed by atoms with Crippen LogP contribution in [0.4, 0.5) is 15.8 Å². The summed E-state index contributed by atoms with van der Waals surface area (Å²) in [6.45, 7) is 3.12. The van der Waals surface area contributed by atoms with E-state index in [0.717, 1.165) is 48.7 Å². The molecule has 3 fully saturated rings. The number of amides is 3. The maximum atomic E-state index is 13.3. The highest BCUT2D eigenvalue weighted by molar-refractivity contribution is 9.10. The molecule has 2 aromatic carbocycles. The third-order valence-corrected chi connectivity index (χ3v) is 10.6. The highest BCUT2D eigenvalue weighted by Crippen LogP contribution is 2.35. The Morgan fingerprint density at radius 2 is 1.62 bits per heavy atom. The summed E-state index contributed by atoms with van der Waals surface area (Å²) in [4.78, 5) is 68.0. The number of benzene rings is 2. The van der Waals surface area contributed by atoms with Gasteiger partial charge in [-0.1, -0.05) is 0 Å². The first-order valence-corrected chi connectivity index (χ1v) is 19.5. The van der Waals surface area contributed by atoms with Crippen molar-refractivity contribution in [1.82, 2.24) is 55.2 Å². The van der Waals surface area contributed by atoms with Gasteiger partial charge in [-0.25, -0.2) is 34.3 Å². The Bertz CT molecular complexity index is 2320. The molecule has 2 bridgehead atoms. The van der Waals surface area contributed by atoms with E-state index in [1.165, 1.54) is 0 Å². The summed E-state index contributed by atoms with van der Waals surface area (Å²) in [6, 6.07) is 17.8. The van der Waals surface area contributed by atoms with Gasteiger partial charge in [0.05, 0.1) is 36.4 Å². The van der Waals surface area contributed by atoms with E-state index in [4.69, 9.17) is 11.6 Å². The van der Waals surface area contributed by atoms with Crippen molar-refractivity contribution in [3.8, 4) is 11.4 Å². The Labute approximate surface area is 345 Å². The molecule has 0 saturated carbocycles. The number of likely N-dealkylation sites (tertiary alicyclic amines) is 2. The molecule has 58 heavy (non-hydrogen) atoms. The number of hydrogen-bond donors (Lipinski definition) is 3. The van der Waals surface area contributed by atoms with Crippen molar-refractivity contribution in [3.63, 3.8) is 0 Å². The van der Waals surface area contributed by atoms with Crippen molar-refractivity contribution in [2.45, 2.75) is 24.9 Å². The first-order valence-electron chi connectivity index (χ1n) is 18.4. The number of H-pyrrole nitrogens is 1. The van der Waals surface area contributed by atoms with Gasteiger partial charge in [0.1, 0.15) is 0 Å². The highest BCUT2D eigenvalue weighted by Gasteiger charge is 2.45. The molecule has 7 heterocycles. The van der Waals surface area contributed by atoms with Gasteiger partial charge in [0.15, 0.2) is 22.1 Å². The predicted octanol–water partition coefficient (Wildman–Crippen LogP) is 4.64. The van der Waals surface area contributed by atoms with Crippen LogP contribution in [0.25, 0.3) is 22.3 Å². The molecule has 3 amide bonds. The quantitative estimate of drug-likeness (QED) is 0.189. The van der Waals surface area contributed by atoms with Gasteiger partial charge in [-0.2, -0.15) is 5.10 Å². The fourth-order valence-electron chi connectivity index (χ4n) is 7.22. The van der Waals surface area contributed by atoms with Crippen LogP contribution in [0.5, 0.6) is 0 Å². The summed E-state index contributed by atoms with van der Waals surface area (Å²) < 4.78 is 12.5. The standard InChI is InChI=1S/C31H33N9O3.C4H3BrN2.C4H2ClFN2/c1-32-31(43)28-25-13-21(5-8-26(25)36-37-28)35-30(42)20-9-12-38(15-20)18-27(41)40-17-23-14-24(40)16-39(23)22-6-3-19(4-7-22)29-33-10-2-11-34-29;5-4-6-2-1-3-7-4;5-4-7-1-3(6)2-8-4/h2-8,10-11,13,20,23-24H,9,12,14-18H2,1H3,(H,32,43)(H,35,42)(H,36,37);1-3H;1-2H/t20-,23+,24+;;/m1../s1. The number of carbonyl (C=O) groups excluding carboxylic acids is 3. The molecule has 16 nitrogen and oxygen atoms in total. The lowest BCUT2D eigenvalue weighted by atomic mass is 10.1. The Morgan fingerprint density at radius 1 is 0.914 bits per heavy atom. The van der Waals surface area contributed by atoms with E-state index in [9.17, 15) is 18.8 Å². The van der Waals surface area contributed by atoms with Crippen LogP contribution < -0.4 is 15.5 Å². The van der Waals surface area contributed by atoms with E-state index in [0.29, 0.717) is 53.7 Å². The van der Waals surface area contributed by atoms with Crippen LogP contribution in [0.1, 0.15) is 23.3 Å². The SMILES string of the molecule is Brc1ncccn1.CNC(=O)c1n[nH]c2ccc(NC(=O)[C@@H]3CCN(CC(=O)N4C[C@@H]5C[C@H]4CN5c4ccc(-c5ncccn5)cc4)C3)cc12.Fc1cnc(Cl)nc1. The van der Waals surface area contributed by atoms with Crippen LogP contribution in [-0.2, 0) is 9.59 Å². The number of nitrogens with zero attached hydrogens (tertiary/aromatic N) is 10. The molecule has 3 aliphatic rings. The third-order valence-electron chi connectivity index (χ3n) is 9.98. The lowest BCUT2D eigenvalue weighted by Gasteiger charge is -2.36. The van der Waals surface area contributed by atoms with Gasteiger partial charge < -0.3 is 20.4 Å². The van der Waals surface area contributed by atoms with Crippen LogP contribution in [-0.4, -0.2) is 119 Å². The van der Waals surface area contributed by atoms with E-state index in [1.54, 1.807) is 56.1 Å². The predicted molar refractivity (Wildman–Crippen MR) is 218 cm³/mol. The van der Waals surface area contributed by atoms with Crippen molar-refractivity contribution < 1.29 is 18.8 Å². The number of halogens is 3. The van der Waals surface area contributed by atoms with Crippen molar-refractivity contribution in [3.05, 3.63) is 113 Å². The van der Waals surface area contributed by atoms with E-state index < -0.39 is 5.82 Å². The minimum atomic E-state index is -0.477. The van der Waals surface area contributed by atoms with Crippen LogP contribution in [0.15, 0.2) is 96.5 Å². The molecule has 9 rings (SSSR count). The number of anilines is 2. The minimum Gasteiger partial charge on any atom is -0.365 e. The molecule has 0 spiro atoms. The third kappa shape index (κ3) is 9.75. The summed E-state index contributed by atoms with van der Waals surface area (Å²) in [5.74, 6) is -0.215. The maximum absolute atomic E-state index is 13.3. The fraction of sp³-hybridized carbons (Fsp3) is 0.282. The maximum Gasteiger partial charge on any atom is 0.272 e. The molecule has 3 N–H and O–H groups in total. The number of fused-ring (bicyclic) bond motifs is 3. The van der Waals surface area contributed by atoms with Crippen molar-refractivity contribution in [1.29, 1.82) is 0 Å². The number of rotatable bonds is 7. The van der Waals surface area contributed by atoms with Gasteiger partial charge in [0, 0.05) is 79.8 Å². The van der Waals surface area contributed by atoms with Gasteiger partial charge in [0.25, 0.3) is 5.91 Å². The summed E-state index contributed by atoms with van der Waals surface area (Å²) >= 11 is 8.31. The second-order valence-corrected chi connectivity index (χ2v) is 14.7. The lowest BCUT2D eigenvalue weighted by Crippen LogP contribution is -2.51. The zero-order valence-corrected chi connectivity index (χ0v) is 33.5. The topological polar surface area (TPSA) is 191 Å². The molecule has 3 aliphatic heterocycles. The van der Waals surface area contributed by atoms with Gasteiger partial charge in [-0.3, -0.25) is 24.4 Å². The zero-order chi connectivity index (χ0) is 40.6. The Morgan fingerprint density at radius 3 is 2.24 bits per heavy atom. The molecular weight excluding hydrogens is 833 g/mol. The van der Waals surface area contributed by atoms with Crippen molar-refractivity contribution in [2.24, 2.45) is 5.92 Å². The average molecular weight is 871 g/mol. The molecule has 0 radical (unpaired) electrons. The second-order valence-electron chi connectivity index (χ2n) is 13.7. The first-order chi connectivity index (χ1) is 28.1. The monoisotopic (exact) mass is 869 g/mol. The van der Waals surface area contributed by atoms with Crippen LogP contribution in [0.3, 0.4) is 0 Å². The van der Waals surface area contributed by atoms with Gasteiger partial charge in [0.2, 0.25) is 17.1 Å². The smallest absolute Gasteiger partial charge is 0.272 e. The number of carbonyl (C=O) groups is 3. The molecule has 4 aromatic heterocycles. The highest BCUT2D eigenvalue weighted by atomic mass is 79.9. The average Bonchev–Trinajstić information content (AvgIpc) is 4.08. The Balaban J connectivity index is 0.000000285. The largest absolute Gasteiger partial charge is 0.365 e. The van der Waals surface area contributed by atoms with Gasteiger partial charge in [-0.05, 0) is 102 Å². The Hall–Kier alpha value is -5.98. The van der Waals surface area contributed by atoms with E-state index >= 15 is 0 Å². The first kappa shape index (κ1) is 40.2. The van der Waals surface area contributed by atoms with Gasteiger partial charge in [-0.15, -0.1) is 0 Å². The summed E-state index contributed by atoms with van der Waals surface area (Å²) in [5, 5.41) is 13.2. The molecule has 0 aliphatic carbocycles. The minimum absolute atomic E-state index is 0.0615. The molecule has 3 atom stereocenters. The van der Waals surface area contributed by atoms with Crippen molar-refractivity contribution >= 4 is 67.5 Å². The second kappa shape index (κ2) is 18.5. The number of aromatic nitrogens is 8. The summed E-state index contributed by atoms with van der Waals surface area (Å²) in [5.41, 5.74) is 3.76. The number of nitrogens with one attached hydrogen (secondary N) is 3. The number of hydrogen-bond acceptors (Lipinski definition) is 12. The van der Waals surface area contributed by atoms with E-state index in [1.807, 2.05) is 11.0 Å². The number of piperazine rings is 1. The molecular formula is C39H38BrClFN13O3. The van der Waals surface area contributed by atoms with Crippen molar-refractivity contribution in [2.75, 3.05) is 50.0 Å². The molecule has 3 saturated heterocycles. The summed E-state index contributed by atoms with van der Waals surface area (Å²) in [7, 11) is 1.55. The number of aromatic amines is 1. The molecule has 0 unspecified atom stereocenters. The Kier molecular flexibility index (Phi) is 12.8. The normalized spacial score (nSPS) is 18.2. The van der Waals surface area contributed by atoms with Crippen LogP contribution in [0.2, 0.25) is 5.28 Å². The zero-order valence-electron chi connectivity index (χ0n) is 31.2. The van der Waals surface area contributed by atoms with Crippen LogP contribution >= 0.6 is 27.5 Å². The van der Waals surface area contributed by atoms with Gasteiger partial charge >= 0.3 is 0 Å².